The molecule has 9 heteroatoms. The molecule has 2 aromatic carbocycles. The maximum atomic E-state index is 12.9. The SMILES string of the molecule is CCc1ccc(N(CC(=O)Nc2ccccc2OC)C2=N[C@H]3CS(=O)(=O)C[C@H]3S2)cc1. The first-order valence-electron chi connectivity index (χ1n) is 10.1. The van der Waals surface area contributed by atoms with Gasteiger partial charge in [0.15, 0.2) is 15.0 Å². The number of carbonyl (C=O) groups is 1. The van der Waals surface area contributed by atoms with Crippen LogP contribution in [0.4, 0.5) is 11.4 Å². The smallest absolute Gasteiger partial charge is 0.244 e. The van der Waals surface area contributed by atoms with Crippen LogP contribution in [0.25, 0.3) is 0 Å². The van der Waals surface area contributed by atoms with Crippen molar-refractivity contribution in [1.82, 2.24) is 0 Å². The van der Waals surface area contributed by atoms with Crippen LogP contribution in [0.5, 0.6) is 5.75 Å². The number of fused-ring (bicyclic) bond motifs is 1. The molecule has 1 fully saturated rings. The van der Waals surface area contributed by atoms with E-state index in [0.717, 1.165) is 12.1 Å². The van der Waals surface area contributed by atoms with Crippen molar-refractivity contribution in [3.05, 3.63) is 54.1 Å². The number of carbonyl (C=O) groups excluding carboxylic acids is 1. The summed E-state index contributed by atoms with van der Waals surface area (Å²) in [4.78, 5) is 19.5. The molecule has 0 spiro atoms. The summed E-state index contributed by atoms with van der Waals surface area (Å²) in [5.41, 5.74) is 2.65. The van der Waals surface area contributed by atoms with Gasteiger partial charge in [0.2, 0.25) is 5.91 Å². The van der Waals surface area contributed by atoms with Crippen LogP contribution in [0, 0.1) is 0 Å². The van der Waals surface area contributed by atoms with Crippen LogP contribution in [-0.4, -0.2) is 55.9 Å². The van der Waals surface area contributed by atoms with E-state index in [1.807, 2.05) is 41.3 Å². The van der Waals surface area contributed by atoms with E-state index in [1.165, 1.54) is 17.3 Å². The zero-order chi connectivity index (χ0) is 22.0. The van der Waals surface area contributed by atoms with Crippen molar-refractivity contribution in [2.24, 2.45) is 4.99 Å². The highest BCUT2D eigenvalue weighted by molar-refractivity contribution is 8.15. The highest BCUT2D eigenvalue weighted by Gasteiger charge is 2.44. The maximum absolute atomic E-state index is 12.9. The Labute approximate surface area is 186 Å². The van der Waals surface area contributed by atoms with Crippen molar-refractivity contribution < 1.29 is 17.9 Å². The number of amides is 1. The molecule has 0 aromatic heterocycles. The van der Waals surface area contributed by atoms with Crippen molar-refractivity contribution >= 4 is 44.0 Å². The molecular weight excluding hydrogens is 434 g/mol. The maximum Gasteiger partial charge on any atom is 0.244 e. The van der Waals surface area contributed by atoms with Gasteiger partial charge in [0, 0.05) is 10.9 Å². The van der Waals surface area contributed by atoms with Gasteiger partial charge in [-0.25, -0.2) is 8.42 Å². The van der Waals surface area contributed by atoms with Gasteiger partial charge in [-0.2, -0.15) is 0 Å². The number of nitrogens with zero attached hydrogens (tertiary/aromatic N) is 2. The van der Waals surface area contributed by atoms with Crippen LogP contribution in [0.15, 0.2) is 53.5 Å². The first-order chi connectivity index (χ1) is 14.9. The Morgan fingerprint density at radius 2 is 1.94 bits per heavy atom. The first kappa shape index (κ1) is 21.7. The monoisotopic (exact) mass is 459 g/mol. The lowest BCUT2D eigenvalue weighted by Gasteiger charge is -2.24. The summed E-state index contributed by atoms with van der Waals surface area (Å²) in [5.74, 6) is 0.578. The highest BCUT2D eigenvalue weighted by Crippen LogP contribution is 2.37. The fraction of sp³-hybridized carbons (Fsp3) is 0.364. The molecule has 4 rings (SSSR count). The molecule has 7 nitrogen and oxygen atoms in total. The fourth-order valence-electron chi connectivity index (χ4n) is 3.73. The van der Waals surface area contributed by atoms with E-state index in [1.54, 1.807) is 19.2 Å². The predicted octanol–water partition coefficient (Wildman–Crippen LogP) is 2.97. The van der Waals surface area contributed by atoms with Crippen molar-refractivity contribution in [2.75, 3.05) is 35.4 Å². The summed E-state index contributed by atoms with van der Waals surface area (Å²) in [5, 5.41) is 3.50. The largest absolute Gasteiger partial charge is 0.495 e. The van der Waals surface area contributed by atoms with Gasteiger partial charge in [-0.05, 0) is 36.2 Å². The second-order valence-corrected chi connectivity index (χ2v) is 10.9. The van der Waals surface area contributed by atoms with Gasteiger partial charge in [-0.3, -0.25) is 9.79 Å². The minimum atomic E-state index is -3.04. The van der Waals surface area contributed by atoms with Gasteiger partial charge >= 0.3 is 0 Å². The number of aryl methyl sites for hydroxylation is 1. The molecule has 1 N–H and O–H groups in total. The number of aliphatic imine (C=N–C) groups is 1. The van der Waals surface area contributed by atoms with Crippen LogP contribution in [0.1, 0.15) is 12.5 Å². The molecule has 2 atom stereocenters. The number of hydrogen-bond donors (Lipinski definition) is 1. The Hall–Kier alpha value is -2.52. The summed E-state index contributed by atoms with van der Waals surface area (Å²) in [7, 11) is -1.48. The second kappa shape index (κ2) is 8.92. The van der Waals surface area contributed by atoms with Gasteiger partial charge in [0.05, 0.1) is 30.3 Å². The Balaban J connectivity index is 1.58. The summed E-state index contributed by atoms with van der Waals surface area (Å²) in [6.45, 7) is 2.15. The van der Waals surface area contributed by atoms with Gasteiger partial charge < -0.3 is 15.0 Å². The topological polar surface area (TPSA) is 88.1 Å². The average Bonchev–Trinajstić information content (AvgIpc) is 3.26. The van der Waals surface area contributed by atoms with Crippen molar-refractivity contribution in [3.63, 3.8) is 0 Å². The minimum Gasteiger partial charge on any atom is -0.495 e. The van der Waals surface area contributed by atoms with E-state index in [-0.39, 0.29) is 35.2 Å². The lowest BCUT2D eigenvalue weighted by Crippen LogP contribution is -2.36. The molecule has 0 bridgehead atoms. The summed E-state index contributed by atoms with van der Waals surface area (Å²) < 4.78 is 29.2. The Morgan fingerprint density at radius 1 is 1.19 bits per heavy atom. The number of para-hydroxylation sites is 2. The number of ether oxygens (including phenoxy) is 1. The van der Waals surface area contributed by atoms with E-state index in [0.29, 0.717) is 16.6 Å². The summed E-state index contributed by atoms with van der Waals surface area (Å²) in [6, 6.07) is 15.0. The predicted molar refractivity (Wildman–Crippen MR) is 126 cm³/mol. The number of rotatable bonds is 6. The molecule has 2 heterocycles. The van der Waals surface area contributed by atoms with E-state index >= 15 is 0 Å². The van der Waals surface area contributed by atoms with Gasteiger partial charge in [-0.1, -0.05) is 43.0 Å². The average molecular weight is 460 g/mol. The van der Waals surface area contributed by atoms with Crippen molar-refractivity contribution in [1.29, 1.82) is 0 Å². The fourth-order valence-corrected chi connectivity index (χ4v) is 7.51. The first-order valence-corrected chi connectivity index (χ1v) is 12.8. The molecule has 2 aliphatic heterocycles. The third kappa shape index (κ3) is 4.88. The quantitative estimate of drug-likeness (QED) is 0.715. The van der Waals surface area contributed by atoms with Crippen LogP contribution in [0.3, 0.4) is 0 Å². The number of amidine groups is 1. The lowest BCUT2D eigenvalue weighted by molar-refractivity contribution is -0.114. The van der Waals surface area contributed by atoms with E-state index in [4.69, 9.17) is 4.74 Å². The molecule has 0 aliphatic carbocycles. The number of nitrogens with one attached hydrogen (secondary N) is 1. The summed E-state index contributed by atoms with van der Waals surface area (Å²) in [6.07, 6.45) is 0.923. The molecule has 31 heavy (non-hydrogen) atoms. The number of sulfone groups is 1. The third-order valence-corrected chi connectivity index (χ3v) is 8.62. The molecule has 0 radical (unpaired) electrons. The molecule has 2 aliphatic rings. The standard InChI is InChI=1S/C22H25N3O4S2/c1-3-15-8-10-16(11-9-15)25(22-24-18-13-31(27,28)14-20(18)30-22)12-21(26)23-17-6-4-5-7-19(17)29-2/h4-11,18,20H,3,12-14H2,1-2H3,(H,23,26)/t18-,20+/m0/s1. The zero-order valence-electron chi connectivity index (χ0n) is 17.4. The van der Waals surface area contributed by atoms with Gasteiger partial charge in [-0.15, -0.1) is 0 Å². The third-order valence-electron chi connectivity index (χ3n) is 5.38. The molecule has 2 aromatic rings. The normalized spacial score (nSPS) is 21.3. The lowest BCUT2D eigenvalue weighted by atomic mass is 10.1. The van der Waals surface area contributed by atoms with Gasteiger partial charge in [0.1, 0.15) is 12.3 Å². The van der Waals surface area contributed by atoms with Crippen molar-refractivity contribution in [3.8, 4) is 5.75 Å². The molecule has 1 saturated heterocycles. The van der Waals surface area contributed by atoms with Crippen LogP contribution < -0.4 is 15.0 Å². The minimum absolute atomic E-state index is 0.0571. The highest BCUT2D eigenvalue weighted by atomic mass is 32.2. The summed E-state index contributed by atoms with van der Waals surface area (Å²) >= 11 is 1.44. The van der Waals surface area contributed by atoms with Crippen LogP contribution in [0.2, 0.25) is 0 Å². The van der Waals surface area contributed by atoms with Gasteiger partial charge in [0.25, 0.3) is 0 Å². The number of methoxy groups -OCH3 is 1. The molecule has 0 saturated carbocycles. The van der Waals surface area contributed by atoms with Crippen molar-refractivity contribution in [2.45, 2.75) is 24.6 Å². The van der Waals surface area contributed by atoms with Crippen LogP contribution >= 0.6 is 11.8 Å². The molecule has 1 amide bonds. The molecule has 164 valence electrons. The molecular formula is C22H25N3O4S2. The Kier molecular flexibility index (Phi) is 6.24. The van der Waals surface area contributed by atoms with E-state index < -0.39 is 9.84 Å². The zero-order valence-corrected chi connectivity index (χ0v) is 19.1. The second-order valence-electron chi connectivity index (χ2n) is 7.57. The number of hydrogen-bond acceptors (Lipinski definition) is 7. The van der Waals surface area contributed by atoms with E-state index in [9.17, 15) is 13.2 Å². The number of anilines is 2. The molecule has 0 unspecified atom stereocenters. The number of thioether (sulfide) groups is 1. The Morgan fingerprint density at radius 3 is 2.61 bits per heavy atom. The Bertz CT molecular complexity index is 1100. The number of benzene rings is 2. The van der Waals surface area contributed by atoms with Crippen LogP contribution in [-0.2, 0) is 21.1 Å². The van der Waals surface area contributed by atoms with E-state index in [2.05, 4.69) is 17.2 Å².